The van der Waals surface area contributed by atoms with Gasteiger partial charge in [0.05, 0.1) is 5.54 Å². The van der Waals surface area contributed by atoms with E-state index in [0.717, 1.165) is 25.9 Å². The van der Waals surface area contributed by atoms with E-state index in [9.17, 15) is 4.79 Å². The normalized spacial score (nSPS) is 16.8. The van der Waals surface area contributed by atoms with E-state index in [4.69, 9.17) is 6.42 Å². The van der Waals surface area contributed by atoms with E-state index < -0.39 is 5.54 Å². The predicted octanol–water partition coefficient (Wildman–Crippen LogP) is 1.20. The second-order valence-electron chi connectivity index (χ2n) is 3.89. The maximum Gasteiger partial charge on any atom is 0.318 e. The molecule has 0 aromatic rings. The van der Waals surface area contributed by atoms with Crippen LogP contribution in [0.15, 0.2) is 0 Å². The lowest BCUT2D eigenvalue weighted by Gasteiger charge is -2.24. The van der Waals surface area contributed by atoms with E-state index in [0.29, 0.717) is 0 Å². The smallest absolute Gasteiger partial charge is 0.318 e. The molecule has 0 bridgehead atoms. The molecule has 0 unspecified atom stereocenters. The van der Waals surface area contributed by atoms with Gasteiger partial charge in [-0.15, -0.1) is 6.42 Å². The molecule has 1 rings (SSSR count). The first-order valence-corrected chi connectivity index (χ1v) is 4.60. The van der Waals surface area contributed by atoms with Crippen molar-refractivity contribution >= 4 is 6.03 Å². The topological polar surface area (TPSA) is 32.3 Å². The third-order valence-electron chi connectivity index (χ3n) is 2.17. The predicted molar refractivity (Wildman–Crippen MR) is 52.3 cm³/mol. The van der Waals surface area contributed by atoms with Crippen LogP contribution in [-0.4, -0.2) is 29.6 Å². The lowest BCUT2D eigenvalue weighted by molar-refractivity contribution is 0.202. The van der Waals surface area contributed by atoms with Crippen molar-refractivity contribution in [1.29, 1.82) is 0 Å². The van der Waals surface area contributed by atoms with Crippen molar-refractivity contribution in [1.82, 2.24) is 10.2 Å². The van der Waals surface area contributed by atoms with Gasteiger partial charge in [0.15, 0.2) is 0 Å². The van der Waals surface area contributed by atoms with Gasteiger partial charge in [-0.1, -0.05) is 5.92 Å². The SMILES string of the molecule is C#CC(C)(C)NC(=O)N1CCCC1. The van der Waals surface area contributed by atoms with Crippen LogP contribution in [0.25, 0.3) is 0 Å². The lowest BCUT2D eigenvalue weighted by Crippen LogP contribution is -2.48. The molecule has 0 aromatic heterocycles. The fourth-order valence-corrected chi connectivity index (χ4v) is 1.30. The van der Waals surface area contributed by atoms with Crippen molar-refractivity contribution in [2.45, 2.75) is 32.2 Å². The van der Waals surface area contributed by atoms with Gasteiger partial charge < -0.3 is 10.2 Å². The van der Waals surface area contributed by atoms with Gasteiger partial charge in [0.2, 0.25) is 0 Å². The van der Waals surface area contributed by atoms with Crippen LogP contribution in [0.3, 0.4) is 0 Å². The summed E-state index contributed by atoms with van der Waals surface area (Å²) in [4.78, 5) is 13.3. The molecule has 1 aliphatic rings. The van der Waals surface area contributed by atoms with Crippen LogP contribution < -0.4 is 5.32 Å². The molecule has 0 radical (unpaired) electrons. The van der Waals surface area contributed by atoms with E-state index in [2.05, 4.69) is 11.2 Å². The van der Waals surface area contributed by atoms with Crippen LogP contribution in [0.1, 0.15) is 26.7 Å². The summed E-state index contributed by atoms with van der Waals surface area (Å²) < 4.78 is 0. The van der Waals surface area contributed by atoms with Gasteiger partial charge >= 0.3 is 6.03 Å². The number of terminal acetylenes is 1. The summed E-state index contributed by atoms with van der Waals surface area (Å²) in [6.45, 7) is 5.35. The second-order valence-corrected chi connectivity index (χ2v) is 3.89. The third kappa shape index (κ3) is 2.66. The number of hydrogen-bond donors (Lipinski definition) is 1. The zero-order valence-corrected chi connectivity index (χ0v) is 8.26. The summed E-state index contributed by atoms with van der Waals surface area (Å²) >= 11 is 0. The van der Waals surface area contributed by atoms with Gasteiger partial charge in [-0.25, -0.2) is 4.79 Å². The Balaban J connectivity index is 2.45. The van der Waals surface area contributed by atoms with Crippen molar-refractivity contribution in [3.63, 3.8) is 0 Å². The van der Waals surface area contributed by atoms with E-state index in [1.807, 2.05) is 13.8 Å². The molecule has 1 aliphatic heterocycles. The minimum Gasteiger partial charge on any atom is -0.325 e. The first kappa shape index (κ1) is 9.91. The first-order valence-electron chi connectivity index (χ1n) is 4.60. The fraction of sp³-hybridized carbons (Fsp3) is 0.700. The molecule has 0 atom stereocenters. The monoisotopic (exact) mass is 180 g/mol. The highest BCUT2D eigenvalue weighted by molar-refractivity contribution is 5.75. The summed E-state index contributed by atoms with van der Waals surface area (Å²) in [6.07, 6.45) is 7.47. The van der Waals surface area contributed by atoms with Crippen molar-refractivity contribution < 1.29 is 4.79 Å². The molecule has 1 heterocycles. The molecule has 1 saturated heterocycles. The van der Waals surface area contributed by atoms with Gasteiger partial charge in [-0.3, -0.25) is 0 Å². The van der Waals surface area contributed by atoms with Crippen molar-refractivity contribution in [3.8, 4) is 12.3 Å². The Morgan fingerprint density at radius 3 is 2.46 bits per heavy atom. The van der Waals surface area contributed by atoms with Crippen molar-refractivity contribution in [2.24, 2.45) is 0 Å². The molecule has 3 heteroatoms. The molecule has 0 spiro atoms. The Labute approximate surface area is 79.5 Å². The number of amides is 2. The zero-order valence-electron chi connectivity index (χ0n) is 8.26. The Bertz CT molecular complexity index is 234. The Hall–Kier alpha value is -1.17. The van der Waals surface area contributed by atoms with E-state index in [-0.39, 0.29) is 6.03 Å². The van der Waals surface area contributed by atoms with Crippen LogP contribution in [0, 0.1) is 12.3 Å². The summed E-state index contributed by atoms with van der Waals surface area (Å²) in [5.74, 6) is 2.54. The lowest BCUT2D eigenvalue weighted by atomic mass is 10.1. The van der Waals surface area contributed by atoms with E-state index >= 15 is 0 Å². The van der Waals surface area contributed by atoms with Gasteiger partial charge in [0, 0.05) is 13.1 Å². The Kier molecular flexibility index (Phi) is 2.82. The highest BCUT2D eigenvalue weighted by Gasteiger charge is 2.23. The molecule has 2 amide bonds. The molecule has 1 N–H and O–H groups in total. The zero-order chi connectivity index (χ0) is 9.90. The molecule has 1 fully saturated rings. The van der Waals surface area contributed by atoms with Crippen LogP contribution in [0.5, 0.6) is 0 Å². The molecule has 0 aliphatic carbocycles. The highest BCUT2D eigenvalue weighted by Crippen LogP contribution is 2.09. The van der Waals surface area contributed by atoms with Crippen molar-refractivity contribution in [3.05, 3.63) is 0 Å². The summed E-state index contributed by atoms with van der Waals surface area (Å²) in [6, 6.07) is -0.0412. The number of urea groups is 1. The van der Waals surface area contributed by atoms with Gasteiger partial charge in [0.25, 0.3) is 0 Å². The number of rotatable bonds is 1. The number of nitrogens with one attached hydrogen (secondary N) is 1. The third-order valence-corrected chi connectivity index (χ3v) is 2.17. The summed E-state index contributed by atoms with van der Waals surface area (Å²) in [5, 5.41) is 2.80. The molecule has 0 aromatic carbocycles. The molecule has 3 nitrogen and oxygen atoms in total. The van der Waals surface area contributed by atoms with Gasteiger partial charge in [0.1, 0.15) is 0 Å². The fourth-order valence-electron chi connectivity index (χ4n) is 1.30. The number of nitrogens with zero attached hydrogens (tertiary/aromatic N) is 1. The van der Waals surface area contributed by atoms with Crippen LogP contribution in [0.2, 0.25) is 0 Å². The summed E-state index contributed by atoms with van der Waals surface area (Å²) in [5.41, 5.74) is -0.542. The quantitative estimate of drug-likeness (QED) is 0.604. The van der Waals surface area contributed by atoms with Gasteiger partial charge in [-0.05, 0) is 26.7 Å². The van der Waals surface area contributed by atoms with E-state index in [1.165, 1.54) is 0 Å². The standard InChI is InChI=1S/C10H16N2O/c1-4-10(2,3)11-9(13)12-7-5-6-8-12/h1H,5-8H2,2-3H3,(H,11,13). The molecular weight excluding hydrogens is 164 g/mol. The average molecular weight is 180 g/mol. The van der Waals surface area contributed by atoms with Crippen molar-refractivity contribution in [2.75, 3.05) is 13.1 Å². The maximum atomic E-state index is 11.5. The minimum absolute atomic E-state index is 0.0412. The van der Waals surface area contributed by atoms with Crippen LogP contribution in [0.4, 0.5) is 4.79 Å². The Morgan fingerprint density at radius 2 is 2.00 bits per heavy atom. The number of likely N-dealkylation sites (tertiary alicyclic amines) is 1. The second kappa shape index (κ2) is 3.69. The first-order chi connectivity index (χ1) is 6.05. The molecular formula is C10H16N2O. The molecule has 0 saturated carbocycles. The average Bonchev–Trinajstić information content (AvgIpc) is 2.55. The van der Waals surface area contributed by atoms with E-state index in [1.54, 1.807) is 4.90 Å². The summed E-state index contributed by atoms with van der Waals surface area (Å²) in [7, 11) is 0. The Morgan fingerprint density at radius 1 is 1.46 bits per heavy atom. The molecule has 13 heavy (non-hydrogen) atoms. The number of carbonyl (C=O) groups is 1. The van der Waals surface area contributed by atoms with Crippen LogP contribution >= 0.6 is 0 Å². The number of carbonyl (C=O) groups excluding carboxylic acids is 1. The molecule has 72 valence electrons. The van der Waals surface area contributed by atoms with Gasteiger partial charge in [-0.2, -0.15) is 0 Å². The highest BCUT2D eigenvalue weighted by atomic mass is 16.2. The van der Waals surface area contributed by atoms with Crippen LogP contribution in [-0.2, 0) is 0 Å². The largest absolute Gasteiger partial charge is 0.325 e. The number of hydrogen-bond acceptors (Lipinski definition) is 1. The minimum atomic E-state index is -0.542. The maximum absolute atomic E-state index is 11.5.